The van der Waals surface area contributed by atoms with Crippen molar-refractivity contribution in [3.8, 4) is 0 Å². The fraction of sp³-hybridized carbons (Fsp3) is 1.00. The molecule has 0 aromatic heterocycles. The molecule has 2 rings (SSSR count). The van der Waals surface area contributed by atoms with E-state index in [1.54, 1.807) is 0 Å². The van der Waals surface area contributed by atoms with Crippen LogP contribution in [-0.4, -0.2) is 12.7 Å². The Balaban J connectivity index is 1.65. The van der Waals surface area contributed by atoms with Crippen LogP contribution in [-0.2, 0) is 4.74 Å². The van der Waals surface area contributed by atoms with Gasteiger partial charge in [0.05, 0.1) is 6.10 Å². The molecule has 1 nitrogen and oxygen atoms in total. The summed E-state index contributed by atoms with van der Waals surface area (Å²) in [6.07, 6.45) is 20.6. The Morgan fingerprint density at radius 2 is 1.55 bits per heavy atom. The molecule has 0 bridgehead atoms. The lowest BCUT2D eigenvalue weighted by atomic mass is 9.70. The smallest absolute Gasteiger partial charge is 0.0577 e. The highest BCUT2D eigenvalue weighted by atomic mass is 16.5. The van der Waals surface area contributed by atoms with Crippen molar-refractivity contribution in [2.45, 2.75) is 110 Å². The first kappa shape index (κ1) is 18.3. The molecular weight excluding hydrogens is 268 g/mol. The Labute approximate surface area is 139 Å². The molecule has 2 fully saturated rings. The van der Waals surface area contributed by atoms with Crippen LogP contribution in [0.2, 0.25) is 0 Å². The first-order valence-corrected chi connectivity index (χ1v) is 10.4. The van der Waals surface area contributed by atoms with E-state index >= 15 is 0 Å². The van der Waals surface area contributed by atoms with Crippen LogP contribution < -0.4 is 0 Å². The minimum atomic E-state index is 0.590. The Hall–Kier alpha value is -0.0400. The Morgan fingerprint density at radius 1 is 0.773 bits per heavy atom. The van der Waals surface area contributed by atoms with Gasteiger partial charge in [0, 0.05) is 6.61 Å². The summed E-state index contributed by atoms with van der Waals surface area (Å²) in [5, 5.41) is 0. The van der Waals surface area contributed by atoms with Gasteiger partial charge in [-0.05, 0) is 56.3 Å². The van der Waals surface area contributed by atoms with E-state index in [-0.39, 0.29) is 0 Å². The lowest BCUT2D eigenvalue weighted by molar-refractivity contribution is -0.00324. The number of hydrogen-bond acceptors (Lipinski definition) is 1. The van der Waals surface area contributed by atoms with Crippen LogP contribution >= 0.6 is 0 Å². The molecule has 2 saturated carbocycles. The zero-order valence-electron chi connectivity index (χ0n) is 15.3. The van der Waals surface area contributed by atoms with E-state index < -0.39 is 0 Å². The predicted molar refractivity (Wildman–Crippen MR) is 96.2 cm³/mol. The average Bonchev–Trinajstić information content (AvgIpc) is 2.56. The third-order valence-corrected chi connectivity index (χ3v) is 6.29. The largest absolute Gasteiger partial charge is 0.378 e. The number of hydrogen-bond donors (Lipinski definition) is 0. The number of unbranched alkanes of at least 4 members (excludes halogenated alkanes) is 3. The molecule has 22 heavy (non-hydrogen) atoms. The first-order chi connectivity index (χ1) is 10.8. The van der Waals surface area contributed by atoms with Gasteiger partial charge in [-0.1, -0.05) is 65.2 Å². The topological polar surface area (TPSA) is 9.23 Å². The van der Waals surface area contributed by atoms with Gasteiger partial charge in [0.25, 0.3) is 0 Å². The maximum absolute atomic E-state index is 6.13. The lowest BCUT2D eigenvalue weighted by Gasteiger charge is -2.38. The Kier molecular flexibility index (Phi) is 8.89. The molecule has 0 heterocycles. The highest BCUT2D eigenvalue weighted by molar-refractivity contribution is 4.83. The average molecular weight is 309 g/mol. The molecule has 0 N–H and O–H groups in total. The molecular formula is C21H40O. The zero-order valence-corrected chi connectivity index (χ0v) is 15.3. The molecule has 0 amide bonds. The van der Waals surface area contributed by atoms with E-state index in [0.717, 1.165) is 24.4 Å². The van der Waals surface area contributed by atoms with Crippen molar-refractivity contribution in [2.75, 3.05) is 6.61 Å². The molecule has 0 aromatic carbocycles. The molecule has 0 saturated heterocycles. The summed E-state index contributed by atoms with van der Waals surface area (Å²) < 4.78 is 6.13. The minimum absolute atomic E-state index is 0.590. The van der Waals surface area contributed by atoms with Gasteiger partial charge in [0.15, 0.2) is 0 Å². The van der Waals surface area contributed by atoms with Crippen molar-refractivity contribution >= 4 is 0 Å². The SMILES string of the molecule is CCCCCC1CCC(C2CCCC(OCCCC)C2)CC1. The van der Waals surface area contributed by atoms with Crippen molar-refractivity contribution in [2.24, 2.45) is 17.8 Å². The monoisotopic (exact) mass is 308 g/mol. The summed E-state index contributed by atoms with van der Waals surface area (Å²) in [5.41, 5.74) is 0. The molecule has 0 radical (unpaired) electrons. The fourth-order valence-electron chi connectivity index (χ4n) is 4.79. The first-order valence-electron chi connectivity index (χ1n) is 10.4. The fourth-order valence-corrected chi connectivity index (χ4v) is 4.79. The van der Waals surface area contributed by atoms with Crippen LogP contribution in [0.25, 0.3) is 0 Å². The van der Waals surface area contributed by atoms with Crippen LogP contribution in [0.3, 0.4) is 0 Å². The molecule has 2 aliphatic rings. The van der Waals surface area contributed by atoms with E-state index in [9.17, 15) is 0 Å². The van der Waals surface area contributed by atoms with E-state index in [0.29, 0.717) is 6.10 Å². The second kappa shape index (κ2) is 10.7. The summed E-state index contributed by atoms with van der Waals surface area (Å²) in [4.78, 5) is 0. The second-order valence-electron chi connectivity index (χ2n) is 8.05. The van der Waals surface area contributed by atoms with Gasteiger partial charge < -0.3 is 4.74 Å². The van der Waals surface area contributed by atoms with E-state index in [1.807, 2.05) is 0 Å². The van der Waals surface area contributed by atoms with Crippen LogP contribution in [0.4, 0.5) is 0 Å². The van der Waals surface area contributed by atoms with Crippen molar-refractivity contribution in [1.29, 1.82) is 0 Å². The molecule has 2 aliphatic carbocycles. The Bertz CT molecular complexity index is 267. The van der Waals surface area contributed by atoms with E-state index in [2.05, 4.69) is 13.8 Å². The summed E-state index contributed by atoms with van der Waals surface area (Å²) in [5.74, 6) is 3.07. The van der Waals surface area contributed by atoms with Crippen LogP contribution in [0.1, 0.15) is 104 Å². The van der Waals surface area contributed by atoms with Crippen LogP contribution in [0, 0.1) is 17.8 Å². The highest BCUT2D eigenvalue weighted by Crippen LogP contribution is 2.41. The summed E-state index contributed by atoms with van der Waals surface area (Å²) in [6.45, 7) is 5.57. The second-order valence-corrected chi connectivity index (χ2v) is 8.05. The van der Waals surface area contributed by atoms with Crippen LogP contribution in [0.15, 0.2) is 0 Å². The van der Waals surface area contributed by atoms with Gasteiger partial charge in [0.1, 0.15) is 0 Å². The summed E-state index contributed by atoms with van der Waals surface area (Å²) >= 11 is 0. The third-order valence-electron chi connectivity index (χ3n) is 6.29. The molecule has 0 aromatic rings. The van der Waals surface area contributed by atoms with Crippen molar-refractivity contribution in [3.05, 3.63) is 0 Å². The minimum Gasteiger partial charge on any atom is -0.378 e. The van der Waals surface area contributed by atoms with Gasteiger partial charge in [-0.15, -0.1) is 0 Å². The molecule has 2 unspecified atom stereocenters. The Morgan fingerprint density at radius 3 is 2.27 bits per heavy atom. The number of ether oxygens (including phenoxy) is 1. The van der Waals surface area contributed by atoms with Gasteiger partial charge in [-0.2, -0.15) is 0 Å². The van der Waals surface area contributed by atoms with Gasteiger partial charge >= 0.3 is 0 Å². The van der Waals surface area contributed by atoms with E-state index in [1.165, 1.54) is 89.9 Å². The lowest BCUT2D eigenvalue weighted by Crippen LogP contribution is -2.30. The molecule has 0 aliphatic heterocycles. The molecule has 2 atom stereocenters. The molecule has 130 valence electrons. The van der Waals surface area contributed by atoms with E-state index in [4.69, 9.17) is 4.74 Å². The molecule has 0 spiro atoms. The summed E-state index contributed by atoms with van der Waals surface area (Å²) in [7, 11) is 0. The van der Waals surface area contributed by atoms with Gasteiger partial charge in [-0.3, -0.25) is 0 Å². The number of rotatable bonds is 9. The molecule has 1 heteroatoms. The standard InChI is InChI=1S/C21H40O/c1-3-5-7-9-18-12-14-19(15-13-18)20-10-8-11-21(17-20)22-16-6-4-2/h18-21H,3-17H2,1-2H3. The maximum atomic E-state index is 6.13. The maximum Gasteiger partial charge on any atom is 0.0577 e. The van der Waals surface area contributed by atoms with Crippen molar-refractivity contribution in [3.63, 3.8) is 0 Å². The summed E-state index contributed by atoms with van der Waals surface area (Å²) in [6, 6.07) is 0. The third kappa shape index (κ3) is 6.22. The van der Waals surface area contributed by atoms with Crippen molar-refractivity contribution < 1.29 is 4.74 Å². The van der Waals surface area contributed by atoms with Gasteiger partial charge in [-0.25, -0.2) is 0 Å². The van der Waals surface area contributed by atoms with Gasteiger partial charge in [0.2, 0.25) is 0 Å². The van der Waals surface area contributed by atoms with Crippen molar-refractivity contribution in [1.82, 2.24) is 0 Å². The highest BCUT2D eigenvalue weighted by Gasteiger charge is 2.31. The predicted octanol–water partition coefficient (Wildman–Crippen LogP) is 6.75. The quantitative estimate of drug-likeness (QED) is 0.428. The zero-order chi connectivity index (χ0) is 15.6. The van der Waals surface area contributed by atoms with Crippen LogP contribution in [0.5, 0.6) is 0 Å². The normalized spacial score (nSPS) is 33.0.